The Labute approximate surface area is 170 Å². The van der Waals surface area contributed by atoms with Crippen molar-refractivity contribution in [3.05, 3.63) is 47.3 Å². The zero-order chi connectivity index (χ0) is 19.6. The van der Waals surface area contributed by atoms with Gasteiger partial charge in [0.2, 0.25) is 11.8 Å². The summed E-state index contributed by atoms with van der Waals surface area (Å²) >= 11 is 1.73. The van der Waals surface area contributed by atoms with Crippen LogP contribution in [0, 0.1) is 11.3 Å². The van der Waals surface area contributed by atoms with E-state index in [1.807, 2.05) is 11.8 Å². The average Bonchev–Trinajstić information content (AvgIpc) is 3.32. The molecule has 1 aliphatic heterocycles. The first-order chi connectivity index (χ1) is 13.6. The van der Waals surface area contributed by atoms with Crippen molar-refractivity contribution < 1.29 is 9.59 Å². The summed E-state index contributed by atoms with van der Waals surface area (Å²) in [5, 5.41) is 5.11. The van der Waals surface area contributed by atoms with Gasteiger partial charge in [0.15, 0.2) is 0 Å². The largest absolute Gasteiger partial charge is 0.356 e. The monoisotopic (exact) mass is 396 g/mol. The molecule has 1 aromatic carbocycles. The minimum atomic E-state index is -0.514. The zero-order valence-corrected chi connectivity index (χ0v) is 17.3. The first-order valence-electron chi connectivity index (χ1n) is 10.3. The second-order valence-electron chi connectivity index (χ2n) is 8.13. The van der Waals surface area contributed by atoms with Gasteiger partial charge in [0, 0.05) is 30.4 Å². The standard InChI is InChI=1S/C23H28N2O2S/c1-2-24-22(27)23(12-13-25(16-23)21(26)19-5-3-6-19)15-17-8-10-18(11-9-17)20-7-4-14-28-20/h4,7-11,14,19H,2-3,5-6,12-13,15-16H2,1H3,(H,24,27). The van der Waals surface area contributed by atoms with Crippen LogP contribution in [-0.2, 0) is 16.0 Å². The maximum atomic E-state index is 13.0. The fourth-order valence-electron chi connectivity index (χ4n) is 4.35. The van der Waals surface area contributed by atoms with Crippen LogP contribution in [0.2, 0.25) is 0 Å². The van der Waals surface area contributed by atoms with Crippen molar-refractivity contribution in [2.45, 2.75) is 39.0 Å². The van der Waals surface area contributed by atoms with Gasteiger partial charge in [0.1, 0.15) is 0 Å². The molecule has 2 heterocycles. The molecular weight excluding hydrogens is 368 g/mol. The van der Waals surface area contributed by atoms with Crippen LogP contribution in [0.25, 0.3) is 10.4 Å². The van der Waals surface area contributed by atoms with Crippen LogP contribution in [-0.4, -0.2) is 36.3 Å². The summed E-state index contributed by atoms with van der Waals surface area (Å²) < 4.78 is 0. The molecular formula is C23H28N2O2S. The predicted molar refractivity (Wildman–Crippen MR) is 113 cm³/mol. The van der Waals surface area contributed by atoms with Crippen LogP contribution in [0.15, 0.2) is 41.8 Å². The quantitative estimate of drug-likeness (QED) is 0.799. The summed E-state index contributed by atoms with van der Waals surface area (Å²) in [4.78, 5) is 28.9. The molecule has 2 fully saturated rings. The summed E-state index contributed by atoms with van der Waals surface area (Å²) in [5.41, 5.74) is 1.85. The molecule has 1 aromatic heterocycles. The second kappa shape index (κ2) is 8.08. The van der Waals surface area contributed by atoms with Gasteiger partial charge in [-0.15, -0.1) is 11.3 Å². The predicted octanol–water partition coefficient (Wildman–Crippen LogP) is 4.11. The lowest BCUT2D eigenvalue weighted by Gasteiger charge is -2.31. The molecule has 1 aliphatic carbocycles. The molecule has 2 amide bonds. The van der Waals surface area contributed by atoms with E-state index in [4.69, 9.17) is 0 Å². The number of carbonyl (C=O) groups is 2. The minimum Gasteiger partial charge on any atom is -0.356 e. The fourth-order valence-corrected chi connectivity index (χ4v) is 5.09. The first-order valence-corrected chi connectivity index (χ1v) is 11.2. The summed E-state index contributed by atoms with van der Waals surface area (Å²) in [7, 11) is 0. The molecule has 28 heavy (non-hydrogen) atoms. The molecule has 2 aromatic rings. The number of benzene rings is 1. The Balaban J connectivity index is 1.51. The normalized spacial score (nSPS) is 22.1. The molecule has 0 bridgehead atoms. The molecule has 1 unspecified atom stereocenters. The third-order valence-corrected chi connectivity index (χ3v) is 7.16. The fraction of sp³-hybridized carbons (Fsp3) is 0.478. The van der Waals surface area contributed by atoms with Gasteiger partial charge < -0.3 is 10.2 Å². The lowest BCUT2D eigenvalue weighted by Crippen LogP contribution is -2.46. The number of hydrogen-bond donors (Lipinski definition) is 1. The Morgan fingerprint density at radius 2 is 2.00 bits per heavy atom. The van der Waals surface area contributed by atoms with E-state index in [1.54, 1.807) is 11.3 Å². The third kappa shape index (κ3) is 3.72. The van der Waals surface area contributed by atoms with Crippen molar-refractivity contribution in [3.63, 3.8) is 0 Å². The lowest BCUT2D eigenvalue weighted by atomic mass is 9.79. The molecule has 1 saturated carbocycles. The Morgan fingerprint density at radius 3 is 2.61 bits per heavy atom. The van der Waals surface area contributed by atoms with Crippen molar-refractivity contribution in [1.82, 2.24) is 10.2 Å². The maximum absolute atomic E-state index is 13.0. The van der Waals surface area contributed by atoms with E-state index in [0.29, 0.717) is 26.1 Å². The smallest absolute Gasteiger partial charge is 0.228 e. The van der Waals surface area contributed by atoms with E-state index in [2.05, 4.69) is 47.1 Å². The van der Waals surface area contributed by atoms with Gasteiger partial charge in [0.25, 0.3) is 0 Å². The van der Waals surface area contributed by atoms with Crippen LogP contribution >= 0.6 is 11.3 Å². The van der Waals surface area contributed by atoms with Crippen LogP contribution in [0.5, 0.6) is 0 Å². The Kier molecular flexibility index (Phi) is 5.54. The van der Waals surface area contributed by atoms with Crippen molar-refractivity contribution >= 4 is 23.2 Å². The van der Waals surface area contributed by atoms with Gasteiger partial charge in [-0.05, 0) is 55.2 Å². The number of nitrogens with zero attached hydrogens (tertiary/aromatic N) is 1. The SMILES string of the molecule is CCNC(=O)C1(Cc2ccc(-c3cccs3)cc2)CCN(C(=O)C2CCC2)C1. The number of likely N-dealkylation sites (tertiary alicyclic amines) is 1. The maximum Gasteiger partial charge on any atom is 0.228 e. The van der Waals surface area contributed by atoms with E-state index in [-0.39, 0.29) is 17.7 Å². The van der Waals surface area contributed by atoms with Gasteiger partial charge in [-0.2, -0.15) is 0 Å². The summed E-state index contributed by atoms with van der Waals surface area (Å²) in [6, 6.07) is 12.7. The molecule has 5 heteroatoms. The van der Waals surface area contributed by atoms with Crippen LogP contribution < -0.4 is 5.32 Å². The second-order valence-corrected chi connectivity index (χ2v) is 9.08. The van der Waals surface area contributed by atoms with Gasteiger partial charge in [-0.3, -0.25) is 9.59 Å². The summed E-state index contributed by atoms with van der Waals surface area (Å²) in [6.07, 6.45) is 4.59. The van der Waals surface area contributed by atoms with E-state index >= 15 is 0 Å². The number of hydrogen-bond acceptors (Lipinski definition) is 3. The zero-order valence-electron chi connectivity index (χ0n) is 16.4. The Hall–Kier alpha value is -2.14. The highest BCUT2D eigenvalue weighted by atomic mass is 32.1. The summed E-state index contributed by atoms with van der Waals surface area (Å²) in [6.45, 7) is 3.81. The van der Waals surface area contributed by atoms with Gasteiger partial charge in [-0.1, -0.05) is 36.8 Å². The number of rotatable bonds is 6. The highest BCUT2D eigenvalue weighted by Crippen LogP contribution is 2.38. The molecule has 1 N–H and O–H groups in total. The number of nitrogens with one attached hydrogen (secondary N) is 1. The Morgan fingerprint density at radius 1 is 1.21 bits per heavy atom. The van der Waals surface area contributed by atoms with Gasteiger partial charge in [0.05, 0.1) is 5.41 Å². The molecule has 148 valence electrons. The van der Waals surface area contributed by atoms with Crippen molar-refractivity contribution in [2.24, 2.45) is 11.3 Å². The van der Waals surface area contributed by atoms with Crippen molar-refractivity contribution in [3.8, 4) is 10.4 Å². The highest BCUT2D eigenvalue weighted by Gasteiger charge is 2.47. The number of thiophene rings is 1. The number of amides is 2. The van der Waals surface area contributed by atoms with E-state index in [1.165, 1.54) is 10.4 Å². The van der Waals surface area contributed by atoms with E-state index in [0.717, 1.165) is 31.2 Å². The molecule has 0 spiro atoms. The van der Waals surface area contributed by atoms with Gasteiger partial charge in [-0.25, -0.2) is 0 Å². The van der Waals surface area contributed by atoms with E-state index in [9.17, 15) is 9.59 Å². The molecule has 4 nitrogen and oxygen atoms in total. The van der Waals surface area contributed by atoms with E-state index < -0.39 is 5.41 Å². The summed E-state index contributed by atoms with van der Waals surface area (Å²) in [5.74, 6) is 0.529. The lowest BCUT2D eigenvalue weighted by molar-refractivity contribution is -0.138. The highest BCUT2D eigenvalue weighted by molar-refractivity contribution is 7.13. The first kappa shape index (κ1) is 19.2. The average molecular weight is 397 g/mol. The molecule has 2 aliphatic rings. The Bertz CT molecular complexity index is 827. The number of carbonyl (C=O) groups excluding carboxylic acids is 2. The minimum absolute atomic E-state index is 0.0845. The van der Waals surface area contributed by atoms with Gasteiger partial charge >= 0.3 is 0 Å². The molecule has 1 atom stereocenters. The van der Waals surface area contributed by atoms with Crippen LogP contribution in [0.4, 0.5) is 0 Å². The van der Waals surface area contributed by atoms with Crippen molar-refractivity contribution in [2.75, 3.05) is 19.6 Å². The molecule has 4 rings (SSSR count). The van der Waals surface area contributed by atoms with Crippen LogP contribution in [0.1, 0.15) is 38.2 Å². The third-order valence-electron chi connectivity index (χ3n) is 6.24. The molecule has 1 saturated heterocycles. The van der Waals surface area contributed by atoms with Crippen LogP contribution in [0.3, 0.4) is 0 Å². The topological polar surface area (TPSA) is 49.4 Å². The molecule has 0 radical (unpaired) electrons. The van der Waals surface area contributed by atoms with Crippen molar-refractivity contribution in [1.29, 1.82) is 0 Å².